The summed E-state index contributed by atoms with van der Waals surface area (Å²) in [6.45, 7) is 2.12. The molecule has 0 aliphatic carbocycles. The van der Waals surface area contributed by atoms with Gasteiger partial charge < -0.3 is 14.4 Å². The molecule has 2 aromatic rings. The van der Waals surface area contributed by atoms with Gasteiger partial charge in [0.2, 0.25) is 5.91 Å². The SMILES string of the molecule is CCC[C@@H]1C(=O)N(c2ccc(OC)cc2)[C@@H]1c1ccc(OC)cc1. The molecule has 126 valence electrons. The third-order valence-corrected chi connectivity index (χ3v) is 4.62. The van der Waals surface area contributed by atoms with Gasteiger partial charge in [-0.25, -0.2) is 0 Å². The molecule has 0 unspecified atom stereocenters. The van der Waals surface area contributed by atoms with Crippen molar-refractivity contribution in [1.82, 2.24) is 0 Å². The molecule has 4 nitrogen and oxygen atoms in total. The van der Waals surface area contributed by atoms with Crippen molar-refractivity contribution in [3.8, 4) is 11.5 Å². The quantitative estimate of drug-likeness (QED) is 0.747. The van der Waals surface area contributed by atoms with E-state index in [9.17, 15) is 4.79 Å². The van der Waals surface area contributed by atoms with Crippen LogP contribution in [0.5, 0.6) is 11.5 Å². The third-order valence-electron chi connectivity index (χ3n) is 4.62. The maximum absolute atomic E-state index is 12.7. The van der Waals surface area contributed by atoms with E-state index in [2.05, 4.69) is 19.1 Å². The number of nitrogens with zero attached hydrogens (tertiary/aromatic N) is 1. The van der Waals surface area contributed by atoms with Gasteiger partial charge in [-0.3, -0.25) is 4.79 Å². The lowest BCUT2D eigenvalue weighted by molar-refractivity contribution is -0.130. The van der Waals surface area contributed by atoms with Crippen molar-refractivity contribution in [3.63, 3.8) is 0 Å². The molecule has 1 heterocycles. The van der Waals surface area contributed by atoms with Crippen LogP contribution in [0.1, 0.15) is 31.4 Å². The molecule has 0 bridgehead atoms. The molecule has 2 aromatic carbocycles. The molecule has 1 saturated heterocycles. The Balaban J connectivity index is 1.91. The smallest absolute Gasteiger partial charge is 0.233 e. The van der Waals surface area contributed by atoms with Gasteiger partial charge in [-0.15, -0.1) is 0 Å². The van der Waals surface area contributed by atoms with Crippen molar-refractivity contribution in [3.05, 3.63) is 54.1 Å². The highest BCUT2D eigenvalue weighted by Gasteiger charge is 2.47. The Labute approximate surface area is 143 Å². The fraction of sp³-hybridized carbons (Fsp3) is 0.350. The van der Waals surface area contributed by atoms with E-state index < -0.39 is 0 Å². The van der Waals surface area contributed by atoms with Gasteiger partial charge in [0, 0.05) is 5.69 Å². The summed E-state index contributed by atoms with van der Waals surface area (Å²) in [6, 6.07) is 15.7. The highest BCUT2D eigenvalue weighted by molar-refractivity contribution is 6.03. The maximum Gasteiger partial charge on any atom is 0.233 e. The minimum atomic E-state index is 0.0468. The van der Waals surface area contributed by atoms with Gasteiger partial charge in [-0.1, -0.05) is 25.5 Å². The van der Waals surface area contributed by atoms with E-state index in [1.807, 2.05) is 41.3 Å². The Hall–Kier alpha value is -2.49. The minimum Gasteiger partial charge on any atom is -0.497 e. The summed E-state index contributed by atoms with van der Waals surface area (Å²) in [7, 11) is 3.30. The van der Waals surface area contributed by atoms with Gasteiger partial charge >= 0.3 is 0 Å². The molecular weight excluding hydrogens is 302 g/mol. The van der Waals surface area contributed by atoms with Crippen LogP contribution in [0, 0.1) is 5.92 Å². The van der Waals surface area contributed by atoms with Gasteiger partial charge in [0.1, 0.15) is 11.5 Å². The first-order chi connectivity index (χ1) is 11.7. The van der Waals surface area contributed by atoms with Crippen LogP contribution < -0.4 is 14.4 Å². The lowest BCUT2D eigenvalue weighted by atomic mass is 9.79. The molecule has 0 N–H and O–H groups in total. The molecular formula is C20H23NO3. The van der Waals surface area contributed by atoms with Gasteiger partial charge in [0.25, 0.3) is 0 Å². The lowest BCUT2D eigenvalue weighted by Gasteiger charge is -2.47. The zero-order valence-corrected chi connectivity index (χ0v) is 14.4. The van der Waals surface area contributed by atoms with Crippen LogP contribution in [0.15, 0.2) is 48.5 Å². The summed E-state index contributed by atoms with van der Waals surface area (Å²) in [4.78, 5) is 14.6. The molecule has 2 atom stereocenters. The largest absolute Gasteiger partial charge is 0.497 e. The maximum atomic E-state index is 12.7. The number of carbonyl (C=O) groups is 1. The Morgan fingerprint density at radius 1 is 0.917 bits per heavy atom. The first-order valence-electron chi connectivity index (χ1n) is 8.30. The standard InChI is InChI=1S/C20H23NO3/c1-4-5-18-19(14-6-10-16(23-2)11-7-14)21(20(18)22)15-8-12-17(24-3)13-9-15/h6-13,18-19H,4-5H2,1-3H3/t18-,19+/m0/s1. The van der Waals surface area contributed by atoms with Crippen molar-refractivity contribution in [2.75, 3.05) is 19.1 Å². The van der Waals surface area contributed by atoms with Gasteiger partial charge in [0.05, 0.1) is 26.2 Å². The van der Waals surface area contributed by atoms with Crippen LogP contribution in [0.2, 0.25) is 0 Å². The number of hydrogen-bond acceptors (Lipinski definition) is 3. The van der Waals surface area contributed by atoms with E-state index in [0.717, 1.165) is 35.6 Å². The molecule has 0 saturated carbocycles. The van der Waals surface area contributed by atoms with Crippen LogP contribution >= 0.6 is 0 Å². The van der Waals surface area contributed by atoms with Crippen molar-refractivity contribution in [2.24, 2.45) is 5.92 Å². The topological polar surface area (TPSA) is 38.8 Å². The second kappa shape index (κ2) is 6.95. The van der Waals surface area contributed by atoms with Crippen LogP contribution in [0.25, 0.3) is 0 Å². The normalized spacial score (nSPS) is 19.8. The molecule has 1 fully saturated rings. The Morgan fingerprint density at radius 2 is 1.46 bits per heavy atom. The monoisotopic (exact) mass is 325 g/mol. The van der Waals surface area contributed by atoms with Gasteiger partial charge in [-0.2, -0.15) is 0 Å². The Morgan fingerprint density at radius 3 is 1.96 bits per heavy atom. The summed E-state index contributed by atoms with van der Waals surface area (Å²) >= 11 is 0. The number of ether oxygens (including phenoxy) is 2. The predicted molar refractivity (Wildman–Crippen MR) is 94.6 cm³/mol. The van der Waals surface area contributed by atoms with E-state index in [4.69, 9.17) is 9.47 Å². The zero-order valence-electron chi connectivity index (χ0n) is 14.4. The van der Waals surface area contributed by atoms with Crippen molar-refractivity contribution in [1.29, 1.82) is 0 Å². The van der Waals surface area contributed by atoms with Gasteiger partial charge in [-0.05, 0) is 48.4 Å². The van der Waals surface area contributed by atoms with Crippen LogP contribution in [-0.2, 0) is 4.79 Å². The molecule has 3 rings (SSSR count). The average Bonchev–Trinajstić information content (AvgIpc) is 2.64. The average molecular weight is 325 g/mol. The van der Waals surface area contributed by atoms with Crippen LogP contribution in [0.3, 0.4) is 0 Å². The molecule has 1 aliphatic rings. The summed E-state index contributed by atoms with van der Waals surface area (Å²) in [5, 5.41) is 0. The van der Waals surface area contributed by atoms with E-state index in [1.54, 1.807) is 14.2 Å². The highest BCUT2D eigenvalue weighted by Crippen LogP contribution is 2.45. The second-order valence-electron chi connectivity index (χ2n) is 6.02. The number of benzene rings is 2. The number of rotatable bonds is 6. The third kappa shape index (κ3) is 2.84. The number of β-lactam (4-membered cyclic amide) rings is 1. The Kier molecular flexibility index (Phi) is 4.74. The van der Waals surface area contributed by atoms with Crippen LogP contribution in [-0.4, -0.2) is 20.1 Å². The van der Waals surface area contributed by atoms with Crippen molar-refractivity contribution >= 4 is 11.6 Å². The van der Waals surface area contributed by atoms with Crippen molar-refractivity contribution < 1.29 is 14.3 Å². The first-order valence-corrected chi connectivity index (χ1v) is 8.30. The molecule has 1 amide bonds. The Bertz CT molecular complexity index is 694. The lowest BCUT2D eigenvalue weighted by Crippen LogP contribution is -2.55. The van der Waals surface area contributed by atoms with E-state index >= 15 is 0 Å². The molecule has 0 aromatic heterocycles. The summed E-state index contributed by atoms with van der Waals surface area (Å²) < 4.78 is 10.4. The van der Waals surface area contributed by atoms with E-state index in [0.29, 0.717) is 0 Å². The molecule has 24 heavy (non-hydrogen) atoms. The highest BCUT2D eigenvalue weighted by atomic mass is 16.5. The fourth-order valence-electron chi connectivity index (χ4n) is 3.35. The first kappa shape index (κ1) is 16.4. The molecule has 4 heteroatoms. The summed E-state index contributed by atoms with van der Waals surface area (Å²) in [6.07, 6.45) is 1.90. The number of anilines is 1. The number of carbonyl (C=O) groups excluding carboxylic acids is 1. The molecule has 1 aliphatic heterocycles. The number of hydrogen-bond donors (Lipinski definition) is 0. The molecule has 0 spiro atoms. The minimum absolute atomic E-state index is 0.0468. The summed E-state index contributed by atoms with van der Waals surface area (Å²) in [5.74, 6) is 1.86. The number of methoxy groups -OCH3 is 2. The van der Waals surface area contributed by atoms with Crippen LogP contribution in [0.4, 0.5) is 5.69 Å². The van der Waals surface area contributed by atoms with E-state index in [-0.39, 0.29) is 17.9 Å². The summed E-state index contributed by atoms with van der Waals surface area (Å²) in [5.41, 5.74) is 2.05. The van der Waals surface area contributed by atoms with Gasteiger partial charge in [0.15, 0.2) is 0 Å². The fourth-order valence-corrected chi connectivity index (χ4v) is 3.35. The molecule has 0 radical (unpaired) electrons. The second-order valence-corrected chi connectivity index (χ2v) is 6.02. The predicted octanol–water partition coefficient (Wildman–Crippen LogP) is 4.21. The number of amides is 1. The van der Waals surface area contributed by atoms with E-state index in [1.165, 1.54) is 0 Å². The zero-order chi connectivity index (χ0) is 17.1. The van der Waals surface area contributed by atoms with Crippen molar-refractivity contribution in [2.45, 2.75) is 25.8 Å².